The normalized spacial score (nSPS) is 10.5. The molecule has 21 heavy (non-hydrogen) atoms. The third kappa shape index (κ3) is 7.51. The highest BCUT2D eigenvalue weighted by Crippen LogP contribution is 2.18. The Kier molecular flexibility index (Phi) is 9.12. The molecule has 0 spiro atoms. The van der Waals surface area contributed by atoms with Crippen LogP contribution in [-0.2, 0) is 4.79 Å². The molecule has 1 aromatic rings. The first kappa shape index (κ1) is 19.2. The molecule has 0 bridgehead atoms. The molecule has 0 aromatic heterocycles. The number of hydrogen-bond donors (Lipinski definition) is 3. The predicted octanol–water partition coefficient (Wildman–Crippen LogP) is 1.79. The van der Waals surface area contributed by atoms with Gasteiger partial charge in [0.2, 0.25) is 5.91 Å². The Balaban J connectivity index is 0.00000400. The fourth-order valence-electron chi connectivity index (χ4n) is 1.51. The van der Waals surface area contributed by atoms with Crippen molar-refractivity contribution < 1.29 is 4.79 Å². The van der Waals surface area contributed by atoms with Crippen LogP contribution in [0.2, 0.25) is 0 Å². The largest absolute Gasteiger partial charge is 0.370 e. The van der Waals surface area contributed by atoms with Crippen molar-refractivity contribution in [1.29, 1.82) is 5.26 Å². The summed E-state index contributed by atoms with van der Waals surface area (Å²) < 4.78 is 0. The molecule has 0 atom stereocenters. The molecule has 0 unspecified atom stereocenters. The second-order valence-electron chi connectivity index (χ2n) is 4.54. The topological polar surface area (TPSA) is 103 Å². The van der Waals surface area contributed by atoms with Crippen molar-refractivity contribution in [3.8, 4) is 6.07 Å². The number of carbonyl (C=O) groups is 1. The van der Waals surface area contributed by atoms with Gasteiger partial charge in [-0.15, -0.1) is 24.0 Å². The van der Waals surface area contributed by atoms with E-state index in [4.69, 9.17) is 11.0 Å². The Morgan fingerprint density at radius 1 is 1.48 bits per heavy atom. The van der Waals surface area contributed by atoms with Gasteiger partial charge in [0, 0.05) is 5.69 Å². The minimum atomic E-state index is -0.341. The summed E-state index contributed by atoms with van der Waals surface area (Å²) in [4.78, 5) is 15.2. The predicted molar refractivity (Wildman–Crippen MR) is 94.7 cm³/mol. The van der Waals surface area contributed by atoms with Crippen molar-refractivity contribution in [1.82, 2.24) is 5.32 Å². The lowest BCUT2D eigenvalue weighted by Gasteiger charge is -2.09. The van der Waals surface area contributed by atoms with Gasteiger partial charge in [0.1, 0.15) is 13.1 Å². The number of rotatable bonds is 5. The van der Waals surface area contributed by atoms with E-state index >= 15 is 0 Å². The number of carbonyl (C=O) groups excluding carboxylic acids is 1. The molecular formula is C14H20IN5O. The molecule has 0 aliphatic rings. The zero-order valence-electron chi connectivity index (χ0n) is 12.1. The van der Waals surface area contributed by atoms with Crippen LogP contribution in [0.15, 0.2) is 29.3 Å². The summed E-state index contributed by atoms with van der Waals surface area (Å²) in [6.07, 6.45) is 0. The molecule has 0 heterocycles. The van der Waals surface area contributed by atoms with E-state index in [1.807, 2.05) is 30.3 Å². The molecular weight excluding hydrogens is 381 g/mol. The fraction of sp³-hybridized carbons (Fsp3) is 0.357. The van der Waals surface area contributed by atoms with E-state index in [9.17, 15) is 4.79 Å². The van der Waals surface area contributed by atoms with Gasteiger partial charge in [-0.3, -0.25) is 4.79 Å². The Morgan fingerprint density at radius 2 is 2.19 bits per heavy atom. The summed E-state index contributed by atoms with van der Waals surface area (Å²) in [5, 5.41) is 13.6. The lowest BCUT2D eigenvalue weighted by atomic mass is 10.0. The molecule has 4 N–H and O–H groups in total. The SMILES string of the molecule is CC(C)c1cccc(NC(N)=NCC(=O)NCC#N)c1.I. The summed E-state index contributed by atoms with van der Waals surface area (Å²) in [7, 11) is 0. The van der Waals surface area contributed by atoms with E-state index < -0.39 is 0 Å². The van der Waals surface area contributed by atoms with E-state index in [1.165, 1.54) is 5.56 Å². The summed E-state index contributed by atoms with van der Waals surface area (Å²) >= 11 is 0. The second-order valence-corrected chi connectivity index (χ2v) is 4.54. The summed E-state index contributed by atoms with van der Waals surface area (Å²) in [6, 6.07) is 9.66. The van der Waals surface area contributed by atoms with Gasteiger partial charge in [0.05, 0.1) is 6.07 Å². The number of aliphatic imine (C=N–C) groups is 1. The van der Waals surface area contributed by atoms with Crippen LogP contribution in [0.25, 0.3) is 0 Å². The minimum Gasteiger partial charge on any atom is -0.370 e. The number of benzene rings is 1. The van der Waals surface area contributed by atoms with Crippen LogP contribution in [0.3, 0.4) is 0 Å². The average molecular weight is 401 g/mol. The molecule has 6 nitrogen and oxygen atoms in total. The van der Waals surface area contributed by atoms with E-state index in [2.05, 4.69) is 29.5 Å². The second kappa shape index (κ2) is 9.99. The zero-order chi connectivity index (χ0) is 15.0. The molecule has 1 aromatic carbocycles. The van der Waals surface area contributed by atoms with E-state index in [-0.39, 0.29) is 48.9 Å². The number of nitrogens with two attached hydrogens (primary N) is 1. The number of halogens is 1. The smallest absolute Gasteiger partial charge is 0.242 e. The van der Waals surface area contributed by atoms with Crippen molar-refractivity contribution in [2.45, 2.75) is 19.8 Å². The Hall–Kier alpha value is -1.82. The van der Waals surface area contributed by atoms with Gasteiger partial charge in [0.25, 0.3) is 0 Å². The Morgan fingerprint density at radius 3 is 2.81 bits per heavy atom. The third-order valence-corrected chi connectivity index (χ3v) is 2.58. The lowest BCUT2D eigenvalue weighted by molar-refractivity contribution is -0.119. The highest BCUT2D eigenvalue weighted by Gasteiger charge is 2.02. The molecule has 1 amide bonds. The van der Waals surface area contributed by atoms with Crippen LogP contribution in [0.4, 0.5) is 5.69 Å². The molecule has 0 saturated carbocycles. The van der Waals surface area contributed by atoms with Gasteiger partial charge in [-0.2, -0.15) is 5.26 Å². The van der Waals surface area contributed by atoms with Crippen LogP contribution >= 0.6 is 24.0 Å². The first-order valence-corrected chi connectivity index (χ1v) is 6.33. The summed E-state index contributed by atoms with van der Waals surface area (Å²) in [6.45, 7) is 4.08. The van der Waals surface area contributed by atoms with Crippen molar-refractivity contribution in [2.24, 2.45) is 10.7 Å². The van der Waals surface area contributed by atoms with E-state index in [0.717, 1.165) is 5.69 Å². The number of nitriles is 1. The highest BCUT2D eigenvalue weighted by molar-refractivity contribution is 14.0. The molecule has 7 heteroatoms. The number of anilines is 1. The van der Waals surface area contributed by atoms with E-state index in [1.54, 1.807) is 0 Å². The maximum atomic E-state index is 11.2. The van der Waals surface area contributed by atoms with Gasteiger partial charge < -0.3 is 16.4 Å². The van der Waals surface area contributed by atoms with Crippen molar-refractivity contribution in [2.75, 3.05) is 18.4 Å². The van der Waals surface area contributed by atoms with Gasteiger partial charge in [0.15, 0.2) is 5.96 Å². The van der Waals surface area contributed by atoms with E-state index in [0.29, 0.717) is 5.92 Å². The van der Waals surface area contributed by atoms with Crippen molar-refractivity contribution >= 4 is 41.5 Å². The monoisotopic (exact) mass is 401 g/mol. The molecule has 1 rings (SSSR count). The standard InChI is InChI=1S/C14H19N5O.HI/c1-10(2)11-4-3-5-12(8-11)19-14(16)18-9-13(20)17-7-6-15;/h3-5,8,10H,7,9H2,1-2H3,(H,17,20)(H3,16,18,19);1H. The lowest BCUT2D eigenvalue weighted by Crippen LogP contribution is -2.29. The van der Waals surface area contributed by atoms with Gasteiger partial charge >= 0.3 is 0 Å². The van der Waals surface area contributed by atoms with Crippen LogP contribution in [-0.4, -0.2) is 25.0 Å². The first-order valence-electron chi connectivity index (χ1n) is 6.33. The average Bonchev–Trinajstić information content (AvgIpc) is 2.43. The van der Waals surface area contributed by atoms with Gasteiger partial charge in [-0.25, -0.2) is 4.99 Å². The molecule has 114 valence electrons. The van der Waals surface area contributed by atoms with Crippen LogP contribution in [0.1, 0.15) is 25.3 Å². The number of nitrogens with one attached hydrogen (secondary N) is 2. The molecule has 0 aliphatic carbocycles. The fourth-order valence-corrected chi connectivity index (χ4v) is 1.51. The maximum absolute atomic E-state index is 11.2. The molecule has 0 saturated heterocycles. The zero-order valence-corrected chi connectivity index (χ0v) is 14.4. The van der Waals surface area contributed by atoms with Gasteiger partial charge in [-0.05, 0) is 23.6 Å². The number of nitrogens with zero attached hydrogens (tertiary/aromatic N) is 2. The highest BCUT2D eigenvalue weighted by atomic mass is 127. The molecule has 0 aliphatic heterocycles. The first-order chi connectivity index (χ1) is 9.52. The summed E-state index contributed by atoms with van der Waals surface area (Å²) in [5.74, 6) is 0.247. The molecule has 0 radical (unpaired) electrons. The summed E-state index contributed by atoms with van der Waals surface area (Å²) in [5.41, 5.74) is 7.72. The Bertz CT molecular complexity index is 536. The maximum Gasteiger partial charge on any atom is 0.242 e. The number of guanidine groups is 1. The Labute approximate surface area is 141 Å². The quantitative estimate of drug-likeness (QED) is 0.303. The third-order valence-electron chi connectivity index (χ3n) is 2.58. The van der Waals surface area contributed by atoms with Crippen LogP contribution in [0.5, 0.6) is 0 Å². The molecule has 0 fully saturated rings. The van der Waals surface area contributed by atoms with Gasteiger partial charge in [-0.1, -0.05) is 26.0 Å². The van der Waals surface area contributed by atoms with Crippen molar-refractivity contribution in [3.05, 3.63) is 29.8 Å². The van der Waals surface area contributed by atoms with Crippen molar-refractivity contribution in [3.63, 3.8) is 0 Å². The van der Waals surface area contributed by atoms with Crippen LogP contribution in [0, 0.1) is 11.3 Å². The van der Waals surface area contributed by atoms with Crippen LogP contribution < -0.4 is 16.4 Å². The minimum absolute atomic E-state index is 0. The number of hydrogen-bond acceptors (Lipinski definition) is 3. The number of amides is 1.